The van der Waals surface area contributed by atoms with E-state index in [-0.39, 0.29) is 0 Å². The molecule has 0 atom stereocenters. The molecule has 1 fully saturated rings. The van der Waals surface area contributed by atoms with Crippen LogP contribution in [0.2, 0.25) is 0 Å². The maximum Gasteiger partial charge on any atom is 0.123 e. The summed E-state index contributed by atoms with van der Waals surface area (Å²) in [6.07, 6.45) is 2.65. The Bertz CT molecular complexity index is 427. The van der Waals surface area contributed by atoms with Crippen LogP contribution in [0.25, 0.3) is 0 Å². The van der Waals surface area contributed by atoms with Crippen LogP contribution in [0.4, 0.5) is 0 Å². The molecule has 3 heteroatoms. The van der Waals surface area contributed by atoms with Crippen LogP contribution in [0.1, 0.15) is 18.4 Å². The van der Waals surface area contributed by atoms with Gasteiger partial charge in [-0.2, -0.15) is 0 Å². The van der Waals surface area contributed by atoms with Gasteiger partial charge in [-0.25, -0.2) is 0 Å². The smallest absolute Gasteiger partial charge is 0.123 e. The first-order chi connectivity index (χ1) is 9.19. The standard InChI is InChI=1S/C16H24N2O/c1-13(10-17-15-8-9-15)11-18(2)12-14-6-4-5-7-16(14)19-3/h4-7,15,17H,1,8-12H2,2-3H3. The second-order valence-electron chi connectivity index (χ2n) is 5.39. The van der Waals surface area contributed by atoms with Gasteiger partial charge in [0.25, 0.3) is 0 Å². The first-order valence-corrected chi connectivity index (χ1v) is 6.89. The highest BCUT2D eigenvalue weighted by Crippen LogP contribution is 2.20. The second kappa shape index (κ2) is 6.73. The van der Waals surface area contributed by atoms with Gasteiger partial charge >= 0.3 is 0 Å². The SMILES string of the molecule is C=C(CNC1CC1)CN(C)Cc1ccccc1OC. The van der Waals surface area contributed by atoms with Gasteiger partial charge in [0.2, 0.25) is 0 Å². The fourth-order valence-corrected chi connectivity index (χ4v) is 2.19. The molecule has 1 N–H and O–H groups in total. The zero-order valence-electron chi connectivity index (χ0n) is 12.0. The molecular formula is C16H24N2O. The third kappa shape index (κ3) is 4.69. The Morgan fingerprint density at radius 1 is 1.42 bits per heavy atom. The minimum Gasteiger partial charge on any atom is -0.496 e. The number of nitrogens with zero attached hydrogens (tertiary/aromatic N) is 1. The summed E-state index contributed by atoms with van der Waals surface area (Å²) in [5.41, 5.74) is 2.46. The molecule has 0 spiro atoms. The van der Waals surface area contributed by atoms with Crippen molar-refractivity contribution in [2.45, 2.75) is 25.4 Å². The molecule has 1 aliphatic carbocycles. The van der Waals surface area contributed by atoms with Crippen molar-refractivity contribution in [1.29, 1.82) is 0 Å². The highest BCUT2D eigenvalue weighted by Gasteiger charge is 2.20. The monoisotopic (exact) mass is 260 g/mol. The molecule has 0 aliphatic heterocycles. The lowest BCUT2D eigenvalue weighted by atomic mass is 10.2. The lowest BCUT2D eigenvalue weighted by Crippen LogP contribution is -2.27. The summed E-state index contributed by atoms with van der Waals surface area (Å²) in [6.45, 7) is 6.87. The number of benzene rings is 1. The van der Waals surface area contributed by atoms with Crippen molar-refractivity contribution in [2.24, 2.45) is 0 Å². The van der Waals surface area contributed by atoms with E-state index in [1.807, 2.05) is 12.1 Å². The fourth-order valence-electron chi connectivity index (χ4n) is 2.19. The largest absolute Gasteiger partial charge is 0.496 e. The van der Waals surface area contributed by atoms with E-state index in [1.165, 1.54) is 24.0 Å². The van der Waals surface area contributed by atoms with Crippen LogP contribution >= 0.6 is 0 Å². The van der Waals surface area contributed by atoms with Crippen LogP contribution in [0.5, 0.6) is 5.75 Å². The molecule has 1 aromatic carbocycles. The number of ether oxygens (including phenoxy) is 1. The normalized spacial score (nSPS) is 14.7. The average molecular weight is 260 g/mol. The highest BCUT2D eigenvalue weighted by atomic mass is 16.5. The van der Waals surface area contributed by atoms with Gasteiger partial charge in [0.15, 0.2) is 0 Å². The van der Waals surface area contributed by atoms with E-state index in [4.69, 9.17) is 4.74 Å². The fraction of sp³-hybridized carbons (Fsp3) is 0.500. The Morgan fingerprint density at radius 2 is 2.16 bits per heavy atom. The summed E-state index contributed by atoms with van der Waals surface area (Å²) < 4.78 is 5.38. The van der Waals surface area contributed by atoms with E-state index < -0.39 is 0 Å². The Hall–Kier alpha value is -1.32. The molecule has 104 valence electrons. The molecule has 1 aromatic rings. The number of methoxy groups -OCH3 is 1. The average Bonchev–Trinajstić information content (AvgIpc) is 3.21. The van der Waals surface area contributed by atoms with E-state index >= 15 is 0 Å². The highest BCUT2D eigenvalue weighted by molar-refractivity contribution is 5.33. The molecule has 0 amide bonds. The summed E-state index contributed by atoms with van der Waals surface area (Å²) >= 11 is 0. The van der Waals surface area contributed by atoms with Crippen LogP contribution in [0, 0.1) is 0 Å². The van der Waals surface area contributed by atoms with E-state index in [0.29, 0.717) is 0 Å². The zero-order valence-corrected chi connectivity index (χ0v) is 12.0. The van der Waals surface area contributed by atoms with Gasteiger partial charge in [0.1, 0.15) is 5.75 Å². The Labute approximate surface area is 116 Å². The molecule has 19 heavy (non-hydrogen) atoms. The first kappa shape index (κ1) is 14.1. The number of likely N-dealkylation sites (N-methyl/N-ethyl adjacent to an activating group) is 1. The minimum atomic E-state index is 0.747. The molecule has 1 aliphatic rings. The molecule has 2 rings (SSSR count). The Balaban J connectivity index is 1.78. The number of nitrogens with one attached hydrogen (secondary N) is 1. The van der Waals surface area contributed by atoms with Crippen LogP contribution in [-0.4, -0.2) is 38.2 Å². The maximum absolute atomic E-state index is 5.38. The van der Waals surface area contributed by atoms with Gasteiger partial charge in [-0.05, 0) is 31.5 Å². The molecule has 1 saturated carbocycles. The quantitative estimate of drug-likeness (QED) is 0.727. The number of para-hydroxylation sites is 1. The molecule has 3 nitrogen and oxygen atoms in total. The summed E-state index contributed by atoms with van der Waals surface area (Å²) in [5.74, 6) is 0.955. The van der Waals surface area contributed by atoms with E-state index in [9.17, 15) is 0 Å². The Kier molecular flexibility index (Phi) is 5.00. The van der Waals surface area contributed by atoms with E-state index in [2.05, 4.69) is 36.0 Å². The molecular weight excluding hydrogens is 236 g/mol. The molecule has 0 unspecified atom stereocenters. The van der Waals surface area contributed by atoms with E-state index in [0.717, 1.165) is 31.4 Å². The zero-order chi connectivity index (χ0) is 13.7. The van der Waals surface area contributed by atoms with Gasteiger partial charge in [-0.15, -0.1) is 0 Å². The van der Waals surface area contributed by atoms with Crippen molar-refractivity contribution in [3.8, 4) is 5.75 Å². The van der Waals surface area contributed by atoms with Gasteiger partial charge in [-0.1, -0.05) is 24.8 Å². The maximum atomic E-state index is 5.38. The van der Waals surface area contributed by atoms with Crippen LogP contribution in [-0.2, 0) is 6.54 Å². The lowest BCUT2D eigenvalue weighted by molar-refractivity contribution is 0.338. The molecule has 0 radical (unpaired) electrons. The van der Waals surface area contributed by atoms with Crippen molar-refractivity contribution in [3.63, 3.8) is 0 Å². The van der Waals surface area contributed by atoms with Crippen molar-refractivity contribution < 1.29 is 4.74 Å². The molecule has 0 saturated heterocycles. The number of hydrogen-bond donors (Lipinski definition) is 1. The third-order valence-corrected chi connectivity index (χ3v) is 3.34. The van der Waals surface area contributed by atoms with Crippen LogP contribution in [0.15, 0.2) is 36.4 Å². The van der Waals surface area contributed by atoms with E-state index in [1.54, 1.807) is 7.11 Å². The van der Waals surface area contributed by atoms with Crippen LogP contribution < -0.4 is 10.1 Å². The minimum absolute atomic E-state index is 0.747. The predicted octanol–water partition coefficient (Wildman–Crippen LogP) is 2.44. The van der Waals surface area contributed by atoms with Gasteiger partial charge in [0.05, 0.1) is 7.11 Å². The third-order valence-electron chi connectivity index (χ3n) is 3.34. The van der Waals surface area contributed by atoms with Crippen molar-refractivity contribution in [1.82, 2.24) is 10.2 Å². The summed E-state index contributed by atoms with van der Waals surface area (Å²) in [7, 11) is 3.84. The summed E-state index contributed by atoms with van der Waals surface area (Å²) in [5, 5.41) is 3.50. The Morgan fingerprint density at radius 3 is 2.84 bits per heavy atom. The van der Waals surface area contributed by atoms with Gasteiger partial charge < -0.3 is 10.1 Å². The second-order valence-corrected chi connectivity index (χ2v) is 5.39. The molecule has 0 bridgehead atoms. The molecule has 0 aromatic heterocycles. The van der Waals surface area contributed by atoms with Crippen LogP contribution in [0.3, 0.4) is 0 Å². The summed E-state index contributed by atoms with van der Waals surface area (Å²) in [4.78, 5) is 2.27. The van der Waals surface area contributed by atoms with Gasteiger partial charge in [-0.3, -0.25) is 4.90 Å². The van der Waals surface area contributed by atoms with Crippen molar-refractivity contribution in [3.05, 3.63) is 42.0 Å². The van der Waals surface area contributed by atoms with Gasteiger partial charge in [0, 0.05) is 31.2 Å². The number of rotatable bonds is 8. The summed E-state index contributed by atoms with van der Waals surface area (Å²) in [6, 6.07) is 8.92. The topological polar surface area (TPSA) is 24.5 Å². The lowest BCUT2D eigenvalue weighted by Gasteiger charge is -2.19. The molecule has 0 heterocycles. The first-order valence-electron chi connectivity index (χ1n) is 6.89. The van der Waals surface area contributed by atoms with Crippen molar-refractivity contribution in [2.75, 3.05) is 27.2 Å². The number of hydrogen-bond acceptors (Lipinski definition) is 3. The van der Waals surface area contributed by atoms with Crippen molar-refractivity contribution >= 4 is 0 Å². The predicted molar refractivity (Wildman–Crippen MR) is 79.5 cm³/mol.